The molecule has 1 unspecified atom stereocenters. The van der Waals surface area contributed by atoms with Crippen molar-refractivity contribution in [2.75, 3.05) is 26.2 Å². The molecule has 1 amide bonds. The van der Waals surface area contributed by atoms with Gasteiger partial charge >= 0.3 is 5.97 Å². The second-order valence-corrected chi connectivity index (χ2v) is 7.34. The second kappa shape index (κ2) is 8.97. The van der Waals surface area contributed by atoms with Crippen molar-refractivity contribution in [3.63, 3.8) is 0 Å². The molecule has 1 N–H and O–H groups in total. The van der Waals surface area contributed by atoms with E-state index in [1.54, 1.807) is 0 Å². The predicted molar refractivity (Wildman–Crippen MR) is 115 cm³/mol. The summed E-state index contributed by atoms with van der Waals surface area (Å²) in [6.07, 6.45) is -0.689. The Bertz CT molecular complexity index is 1020. The number of ether oxygens (including phenoxy) is 1. The molecule has 1 aliphatic heterocycles. The summed E-state index contributed by atoms with van der Waals surface area (Å²) in [5.41, 5.74) is 0.698. The minimum absolute atomic E-state index is 0.00483. The summed E-state index contributed by atoms with van der Waals surface area (Å²) in [6, 6.07) is 22.9. The van der Waals surface area contributed by atoms with Crippen molar-refractivity contribution in [3.05, 3.63) is 78.4 Å². The van der Waals surface area contributed by atoms with E-state index in [1.807, 2.05) is 82.6 Å². The Balaban J connectivity index is 1.45. The van der Waals surface area contributed by atoms with Gasteiger partial charge in [-0.05, 0) is 29.0 Å². The Morgan fingerprint density at radius 2 is 1.53 bits per heavy atom. The molecule has 1 heterocycles. The normalized spacial score (nSPS) is 15.7. The van der Waals surface area contributed by atoms with Crippen LogP contribution in [0.4, 0.5) is 0 Å². The van der Waals surface area contributed by atoms with Crippen LogP contribution in [0.2, 0.25) is 0 Å². The van der Waals surface area contributed by atoms with Gasteiger partial charge in [0.05, 0.1) is 6.42 Å². The first-order valence-electron chi connectivity index (χ1n) is 10.1. The number of para-hydroxylation sites is 1. The Kier molecular flexibility index (Phi) is 5.95. The van der Waals surface area contributed by atoms with Crippen LogP contribution in [-0.4, -0.2) is 59.2 Å². The van der Waals surface area contributed by atoms with E-state index in [0.29, 0.717) is 37.5 Å². The highest BCUT2D eigenvalue weighted by Gasteiger charge is 2.29. The van der Waals surface area contributed by atoms with Crippen molar-refractivity contribution in [1.82, 2.24) is 9.80 Å². The standard InChI is InChI=1S/C24H24N2O4/c27-23(28)17-22(30-19-9-2-1-3-10-19)25-13-15-26(16-14-25)24(29)21-12-6-8-18-7-4-5-11-20(18)21/h1-12,22H,13-17H2,(H,27,28). The van der Waals surface area contributed by atoms with Gasteiger partial charge in [-0.25, -0.2) is 0 Å². The van der Waals surface area contributed by atoms with Crippen molar-refractivity contribution < 1.29 is 19.4 Å². The van der Waals surface area contributed by atoms with E-state index in [9.17, 15) is 14.7 Å². The van der Waals surface area contributed by atoms with Gasteiger partial charge in [0, 0.05) is 31.7 Å². The molecule has 3 aromatic carbocycles. The number of piperazine rings is 1. The lowest BCUT2D eigenvalue weighted by Gasteiger charge is -2.38. The SMILES string of the molecule is O=C(O)CC(Oc1ccccc1)N1CCN(C(=O)c2cccc3ccccc23)CC1. The molecule has 1 saturated heterocycles. The number of rotatable bonds is 6. The van der Waals surface area contributed by atoms with E-state index in [-0.39, 0.29) is 12.3 Å². The van der Waals surface area contributed by atoms with Crippen molar-refractivity contribution in [2.45, 2.75) is 12.6 Å². The molecule has 1 atom stereocenters. The van der Waals surface area contributed by atoms with Crippen LogP contribution >= 0.6 is 0 Å². The third kappa shape index (κ3) is 4.44. The van der Waals surface area contributed by atoms with Gasteiger partial charge < -0.3 is 14.7 Å². The monoisotopic (exact) mass is 404 g/mol. The summed E-state index contributed by atoms with van der Waals surface area (Å²) in [6.45, 7) is 2.16. The molecule has 0 aliphatic carbocycles. The highest BCUT2D eigenvalue weighted by molar-refractivity contribution is 6.07. The fourth-order valence-electron chi connectivity index (χ4n) is 3.85. The molecule has 1 fully saturated rings. The Hall–Kier alpha value is -3.38. The minimum Gasteiger partial charge on any atom is -0.481 e. The maximum atomic E-state index is 13.1. The Morgan fingerprint density at radius 3 is 2.27 bits per heavy atom. The van der Waals surface area contributed by atoms with E-state index in [1.165, 1.54) is 0 Å². The van der Waals surface area contributed by atoms with Gasteiger partial charge in [0.15, 0.2) is 6.23 Å². The summed E-state index contributed by atoms with van der Waals surface area (Å²) in [7, 11) is 0. The number of hydrogen-bond acceptors (Lipinski definition) is 4. The van der Waals surface area contributed by atoms with Gasteiger partial charge in [-0.3, -0.25) is 14.5 Å². The maximum absolute atomic E-state index is 13.1. The number of aliphatic carboxylic acids is 1. The third-order valence-electron chi connectivity index (χ3n) is 5.39. The van der Waals surface area contributed by atoms with Crippen molar-refractivity contribution in [3.8, 4) is 5.75 Å². The first-order valence-corrected chi connectivity index (χ1v) is 10.1. The Morgan fingerprint density at radius 1 is 0.867 bits per heavy atom. The molecule has 3 aromatic rings. The van der Waals surface area contributed by atoms with Gasteiger partial charge in [-0.1, -0.05) is 54.6 Å². The molecule has 0 bridgehead atoms. The second-order valence-electron chi connectivity index (χ2n) is 7.34. The van der Waals surface area contributed by atoms with Crippen LogP contribution in [-0.2, 0) is 4.79 Å². The number of carboxylic acid groups (broad SMARTS) is 1. The molecule has 0 radical (unpaired) electrons. The number of carbonyl (C=O) groups is 2. The lowest BCUT2D eigenvalue weighted by Crippen LogP contribution is -2.54. The van der Waals surface area contributed by atoms with Gasteiger partial charge in [-0.2, -0.15) is 0 Å². The predicted octanol–water partition coefficient (Wildman–Crippen LogP) is 3.48. The summed E-state index contributed by atoms with van der Waals surface area (Å²) in [4.78, 5) is 28.3. The fraction of sp³-hybridized carbons (Fsp3) is 0.250. The maximum Gasteiger partial charge on any atom is 0.308 e. The number of hydrogen-bond donors (Lipinski definition) is 1. The van der Waals surface area contributed by atoms with Crippen LogP contribution in [0.25, 0.3) is 10.8 Å². The molecular formula is C24H24N2O4. The van der Waals surface area contributed by atoms with Crippen LogP contribution in [0, 0.1) is 0 Å². The van der Waals surface area contributed by atoms with Crippen LogP contribution in [0.1, 0.15) is 16.8 Å². The average Bonchev–Trinajstić information content (AvgIpc) is 2.78. The van der Waals surface area contributed by atoms with E-state index in [4.69, 9.17) is 4.74 Å². The summed E-state index contributed by atoms with van der Waals surface area (Å²) < 4.78 is 5.94. The summed E-state index contributed by atoms with van der Waals surface area (Å²) >= 11 is 0. The smallest absolute Gasteiger partial charge is 0.308 e. The average molecular weight is 404 g/mol. The van der Waals surface area contributed by atoms with Crippen molar-refractivity contribution in [2.24, 2.45) is 0 Å². The lowest BCUT2D eigenvalue weighted by atomic mass is 10.0. The van der Waals surface area contributed by atoms with Gasteiger partial charge in [0.25, 0.3) is 5.91 Å². The third-order valence-corrected chi connectivity index (χ3v) is 5.39. The van der Waals surface area contributed by atoms with E-state index in [0.717, 1.165) is 10.8 Å². The molecule has 0 spiro atoms. The van der Waals surface area contributed by atoms with Gasteiger partial charge in [-0.15, -0.1) is 0 Å². The first kappa shape index (κ1) is 19.9. The van der Waals surface area contributed by atoms with Crippen molar-refractivity contribution in [1.29, 1.82) is 0 Å². The molecule has 0 aromatic heterocycles. The zero-order chi connectivity index (χ0) is 20.9. The van der Waals surface area contributed by atoms with E-state index >= 15 is 0 Å². The van der Waals surface area contributed by atoms with Crippen LogP contribution in [0.15, 0.2) is 72.8 Å². The van der Waals surface area contributed by atoms with E-state index in [2.05, 4.69) is 0 Å². The quantitative estimate of drug-likeness (QED) is 0.681. The van der Waals surface area contributed by atoms with Gasteiger partial charge in [0.2, 0.25) is 0 Å². The lowest BCUT2D eigenvalue weighted by molar-refractivity contribution is -0.142. The van der Waals surface area contributed by atoms with Gasteiger partial charge in [0.1, 0.15) is 5.75 Å². The molecule has 4 rings (SSSR count). The van der Waals surface area contributed by atoms with Crippen LogP contribution in [0.3, 0.4) is 0 Å². The highest BCUT2D eigenvalue weighted by Crippen LogP contribution is 2.22. The van der Waals surface area contributed by atoms with Crippen LogP contribution < -0.4 is 4.74 Å². The number of nitrogens with zero attached hydrogens (tertiary/aromatic N) is 2. The number of amides is 1. The number of fused-ring (bicyclic) bond motifs is 1. The molecular weight excluding hydrogens is 380 g/mol. The summed E-state index contributed by atoms with van der Waals surface area (Å²) in [5.74, 6) is -0.270. The van der Waals surface area contributed by atoms with E-state index < -0.39 is 12.2 Å². The molecule has 6 nitrogen and oxygen atoms in total. The topological polar surface area (TPSA) is 70.1 Å². The fourth-order valence-corrected chi connectivity index (χ4v) is 3.85. The summed E-state index contributed by atoms with van der Waals surface area (Å²) in [5, 5.41) is 11.3. The van der Waals surface area contributed by atoms with Crippen molar-refractivity contribution >= 4 is 22.6 Å². The highest BCUT2D eigenvalue weighted by atomic mass is 16.5. The number of benzene rings is 3. The molecule has 0 saturated carbocycles. The Labute approximate surface area is 175 Å². The number of carboxylic acids is 1. The zero-order valence-electron chi connectivity index (χ0n) is 16.6. The molecule has 1 aliphatic rings. The van der Waals surface area contributed by atoms with Crippen LogP contribution in [0.5, 0.6) is 5.75 Å². The zero-order valence-corrected chi connectivity index (χ0v) is 16.6. The molecule has 6 heteroatoms. The molecule has 154 valence electrons. The molecule has 30 heavy (non-hydrogen) atoms. The number of carbonyl (C=O) groups excluding carboxylic acids is 1. The first-order chi connectivity index (χ1) is 14.6. The largest absolute Gasteiger partial charge is 0.481 e. The minimum atomic E-state index is -0.912.